The van der Waals surface area contributed by atoms with Crippen molar-refractivity contribution >= 4 is 52.2 Å². The van der Waals surface area contributed by atoms with Gasteiger partial charge in [0, 0.05) is 47.0 Å². The zero-order chi connectivity index (χ0) is 45.2. The number of nitrogens with zero attached hydrogens (tertiary/aromatic N) is 3. The number of aromatic nitrogens is 2. The number of rotatable bonds is 11. The minimum atomic E-state index is -4.60. The molecule has 64 heavy (non-hydrogen) atoms. The lowest BCUT2D eigenvalue weighted by atomic mass is 10.0. The number of anilines is 2. The standard InChI is InChI=1S/C47H52F3N6O6PS/c1-29(2)51-45-54-40(28-64-45)39-24-42(36-20-19-34(61-3)22-38(36)53-39)62-35-23-41-43(57)55-46(63(59,60)27-30-13-8-7-9-14-30)25-32(46)15-10-5-4-6-11-18-37(44(58)56(41)26-35)52-33-17-12-16-31(21-33)47(48,49)50/h7-10,12-17,19-22,24,28-29,32,35,37,41,52H,4-6,11,18,23,25-27H2,1-3H3,(H,51,54)(H,55,57)(H,59,60)/b15-10-/t32-,35-,37?,41+,46+/m1/s1. The van der Waals surface area contributed by atoms with Crippen LogP contribution in [0, 0.1) is 5.92 Å². The van der Waals surface area contributed by atoms with Crippen LogP contribution in [0.15, 0.2) is 96.4 Å². The number of hydrogen-bond donors (Lipinski definition) is 4. The Kier molecular flexibility index (Phi) is 13.1. The van der Waals surface area contributed by atoms with Crippen molar-refractivity contribution in [1.82, 2.24) is 20.2 Å². The van der Waals surface area contributed by atoms with E-state index in [1.807, 2.05) is 43.5 Å². The fraction of sp³-hybridized carbons (Fsp3) is 0.404. The highest BCUT2D eigenvalue weighted by molar-refractivity contribution is 7.59. The number of hydrogen-bond acceptors (Lipinski definition) is 10. The maximum Gasteiger partial charge on any atom is 0.416 e. The first-order valence-corrected chi connectivity index (χ1v) is 24.3. The quantitative estimate of drug-likeness (QED) is 0.0744. The Morgan fingerprint density at radius 1 is 1.02 bits per heavy atom. The van der Waals surface area contributed by atoms with Crippen LogP contribution in [0.1, 0.15) is 69.9 Å². The van der Waals surface area contributed by atoms with Crippen LogP contribution in [0.2, 0.25) is 0 Å². The summed E-state index contributed by atoms with van der Waals surface area (Å²) in [4.78, 5) is 52.8. The Balaban J connectivity index is 1.16. The zero-order valence-corrected chi connectivity index (χ0v) is 37.5. The number of nitrogens with one attached hydrogen (secondary N) is 3. The number of halogens is 3. The first kappa shape index (κ1) is 45.1. The van der Waals surface area contributed by atoms with Crippen molar-refractivity contribution in [3.63, 3.8) is 0 Å². The molecule has 5 aromatic rings. The molecule has 8 rings (SSSR count). The molecule has 12 nitrogen and oxygen atoms in total. The number of amides is 2. The number of pyridine rings is 1. The summed E-state index contributed by atoms with van der Waals surface area (Å²) in [6, 6.07) is 18.9. The van der Waals surface area contributed by atoms with Crippen molar-refractivity contribution in [2.24, 2.45) is 5.92 Å². The lowest BCUT2D eigenvalue weighted by Gasteiger charge is -2.31. The molecule has 4 heterocycles. The van der Waals surface area contributed by atoms with Crippen molar-refractivity contribution in [3.8, 4) is 22.9 Å². The number of thiazole rings is 1. The van der Waals surface area contributed by atoms with Crippen LogP contribution in [0.5, 0.6) is 11.5 Å². The van der Waals surface area contributed by atoms with Gasteiger partial charge in [-0.3, -0.25) is 14.2 Å². The van der Waals surface area contributed by atoms with Gasteiger partial charge in [-0.25, -0.2) is 9.97 Å². The first-order valence-electron chi connectivity index (χ1n) is 21.6. The zero-order valence-electron chi connectivity index (χ0n) is 35.8. The molecular formula is C47H52F3N6O6PS. The molecule has 1 saturated carbocycles. The molecule has 0 spiro atoms. The number of benzene rings is 3. The summed E-state index contributed by atoms with van der Waals surface area (Å²) in [5, 5.41) is 11.2. The summed E-state index contributed by atoms with van der Waals surface area (Å²) in [6.07, 6.45) is 1.69. The summed E-state index contributed by atoms with van der Waals surface area (Å²) in [5.74, 6) is -0.503. The fourth-order valence-corrected chi connectivity index (χ4v) is 11.9. The van der Waals surface area contributed by atoms with Crippen LogP contribution in [-0.2, 0) is 26.5 Å². The minimum Gasteiger partial charge on any atom is -0.497 e. The maximum absolute atomic E-state index is 15.0. The van der Waals surface area contributed by atoms with Crippen molar-refractivity contribution in [2.45, 2.75) is 101 Å². The SMILES string of the molecule is COc1ccc2c(O[C@@H]3C[C@H]4C(=O)N[C@]5(P(=O)(O)Cc6ccccc6)C[C@H]5/C=C\CCCCCC(Nc5cccc(C(F)(F)F)c5)C(=O)N4C3)cc(-c3csc(NC(C)C)n3)nc2c1. The highest BCUT2D eigenvalue weighted by Crippen LogP contribution is 2.71. The molecule has 0 radical (unpaired) electrons. The van der Waals surface area contributed by atoms with E-state index in [-0.39, 0.29) is 43.7 Å². The molecule has 3 aliphatic rings. The topological polar surface area (TPSA) is 155 Å². The van der Waals surface area contributed by atoms with Crippen molar-refractivity contribution in [3.05, 3.63) is 108 Å². The smallest absolute Gasteiger partial charge is 0.416 e. The van der Waals surface area contributed by atoms with Crippen molar-refractivity contribution < 1.29 is 41.7 Å². The molecular weight excluding hydrogens is 865 g/mol. The maximum atomic E-state index is 15.0. The molecule has 0 bridgehead atoms. The number of fused-ring (bicyclic) bond motifs is 3. The summed E-state index contributed by atoms with van der Waals surface area (Å²) in [5.41, 5.74) is 1.62. The number of alkyl halides is 3. The number of allylic oxidation sites excluding steroid dienone is 1. The Labute approximate surface area is 374 Å². The molecule has 2 unspecified atom stereocenters. The molecule has 2 aliphatic heterocycles. The minimum absolute atomic E-state index is 0.0211. The number of methoxy groups -OCH3 is 1. The molecule has 3 aromatic carbocycles. The highest BCUT2D eigenvalue weighted by atomic mass is 32.1. The van der Waals surface area contributed by atoms with E-state index in [4.69, 9.17) is 19.4 Å². The Bertz CT molecular complexity index is 2570. The number of carbonyl (C=O) groups excluding carboxylic acids is 2. The van der Waals surface area contributed by atoms with Crippen LogP contribution in [0.25, 0.3) is 22.3 Å². The van der Waals surface area contributed by atoms with Crippen LogP contribution in [0.3, 0.4) is 0 Å². The van der Waals surface area contributed by atoms with Gasteiger partial charge in [-0.1, -0.05) is 61.4 Å². The molecule has 338 valence electrons. The van der Waals surface area contributed by atoms with E-state index in [0.717, 1.165) is 30.1 Å². The van der Waals surface area contributed by atoms with E-state index in [1.165, 1.54) is 28.4 Å². The second-order valence-corrected chi connectivity index (χ2v) is 20.5. The summed E-state index contributed by atoms with van der Waals surface area (Å²) in [7, 11) is -2.56. The van der Waals surface area contributed by atoms with Gasteiger partial charge < -0.3 is 35.2 Å². The molecule has 2 aromatic heterocycles. The third-order valence-corrected chi connectivity index (χ3v) is 15.5. The summed E-state index contributed by atoms with van der Waals surface area (Å²) < 4.78 is 68.3. The van der Waals surface area contributed by atoms with Gasteiger partial charge in [0.25, 0.3) is 0 Å². The number of carbonyl (C=O) groups is 2. The molecule has 1 saturated heterocycles. The van der Waals surface area contributed by atoms with Gasteiger partial charge in [-0.05, 0) is 75.4 Å². The van der Waals surface area contributed by atoms with E-state index >= 15 is 0 Å². The van der Waals surface area contributed by atoms with E-state index in [9.17, 15) is 32.2 Å². The average molecular weight is 917 g/mol. The van der Waals surface area contributed by atoms with Gasteiger partial charge in [0.05, 0.1) is 36.6 Å². The van der Waals surface area contributed by atoms with Crippen LogP contribution < -0.4 is 25.4 Å². The van der Waals surface area contributed by atoms with Gasteiger partial charge in [0.2, 0.25) is 19.2 Å². The van der Waals surface area contributed by atoms with E-state index in [0.29, 0.717) is 52.2 Å². The Morgan fingerprint density at radius 3 is 2.59 bits per heavy atom. The second-order valence-electron chi connectivity index (χ2n) is 17.1. The van der Waals surface area contributed by atoms with Crippen LogP contribution >= 0.6 is 18.7 Å². The number of ether oxygens (including phenoxy) is 2. The molecule has 2 amide bonds. The lowest BCUT2D eigenvalue weighted by molar-refractivity contribution is -0.139. The fourth-order valence-electron chi connectivity index (χ4n) is 8.69. The monoisotopic (exact) mass is 916 g/mol. The third kappa shape index (κ3) is 9.94. The largest absolute Gasteiger partial charge is 0.497 e. The molecule has 6 atom stereocenters. The van der Waals surface area contributed by atoms with E-state index in [2.05, 4.69) is 16.0 Å². The van der Waals surface area contributed by atoms with E-state index < -0.39 is 60.3 Å². The molecule has 2 fully saturated rings. The summed E-state index contributed by atoms with van der Waals surface area (Å²) in [6.45, 7) is 3.99. The first-order chi connectivity index (χ1) is 30.6. The van der Waals surface area contributed by atoms with Gasteiger partial charge in [-0.15, -0.1) is 11.3 Å². The van der Waals surface area contributed by atoms with Gasteiger partial charge >= 0.3 is 6.18 Å². The second kappa shape index (κ2) is 18.6. The van der Waals surface area contributed by atoms with Gasteiger partial charge in [0.1, 0.15) is 40.7 Å². The van der Waals surface area contributed by atoms with Gasteiger partial charge in [0.15, 0.2) is 5.13 Å². The normalized spacial score (nSPS) is 24.4. The van der Waals surface area contributed by atoms with Crippen molar-refractivity contribution in [2.75, 3.05) is 24.3 Å². The summed E-state index contributed by atoms with van der Waals surface area (Å²) >= 11 is 1.44. The lowest BCUT2D eigenvalue weighted by Crippen LogP contribution is -2.53. The highest BCUT2D eigenvalue weighted by Gasteiger charge is 2.66. The Hall–Kier alpha value is -5.44. The van der Waals surface area contributed by atoms with Crippen molar-refractivity contribution in [1.29, 1.82) is 0 Å². The van der Waals surface area contributed by atoms with Gasteiger partial charge in [-0.2, -0.15) is 13.2 Å². The molecule has 1 aliphatic carbocycles. The third-order valence-electron chi connectivity index (χ3n) is 12.0. The average Bonchev–Trinajstić information content (AvgIpc) is 3.53. The van der Waals surface area contributed by atoms with Crippen LogP contribution in [0.4, 0.5) is 24.0 Å². The molecule has 4 N–H and O–H groups in total. The van der Waals surface area contributed by atoms with E-state index in [1.54, 1.807) is 49.6 Å². The predicted molar refractivity (Wildman–Crippen MR) is 243 cm³/mol. The van der Waals surface area contributed by atoms with Crippen LogP contribution in [-0.4, -0.2) is 74.7 Å². The molecule has 17 heteroatoms. The Morgan fingerprint density at radius 2 is 1.83 bits per heavy atom. The predicted octanol–water partition coefficient (Wildman–Crippen LogP) is 9.86.